The second-order valence-corrected chi connectivity index (χ2v) is 12.0. The molecular formula is C40H25NS. The molecule has 42 heavy (non-hydrogen) atoms. The Balaban J connectivity index is 1.37. The fourth-order valence-corrected chi connectivity index (χ4v) is 7.91. The molecule has 0 saturated heterocycles. The number of thiophene rings is 1. The molecule has 9 aromatic rings. The van der Waals surface area contributed by atoms with E-state index in [1.807, 2.05) is 11.3 Å². The first kappa shape index (κ1) is 23.5. The van der Waals surface area contributed by atoms with E-state index in [2.05, 4.69) is 157 Å². The van der Waals surface area contributed by atoms with Crippen molar-refractivity contribution in [1.29, 1.82) is 0 Å². The number of anilines is 3. The maximum absolute atomic E-state index is 2.46. The number of nitrogens with zero attached hydrogens (tertiary/aromatic N) is 1. The van der Waals surface area contributed by atoms with Gasteiger partial charge in [-0.2, -0.15) is 0 Å². The van der Waals surface area contributed by atoms with Gasteiger partial charge in [0.2, 0.25) is 0 Å². The van der Waals surface area contributed by atoms with Gasteiger partial charge in [0.1, 0.15) is 0 Å². The SMILES string of the molecule is c1ccc(N(c2cccc3c2ccc2ccc4ccccc4c23)c2cccc3c2sc2cc4ccccc4cc23)cc1. The minimum absolute atomic E-state index is 1.15. The molecule has 0 radical (unpaired) electrons. The van der Waals surface area contributed by atoms with Crippen LogP contribution in [0.25, 0.3) is 63.3 Å². The van der Waals surface area contributed by atoms with Crippen molar-refractivity contribution in [3.05, 3.63) is 152 Å². The number of benzene rings is 8. The van der Waals surface area contributed by atoms with Crippen molar-refractivity contribution in [2.75, 3.05) is 4.90 Å². The molecule has 0 fully saturated rings. The van der Waals surface area contributed by atoms with Crippen LogP contribution in [0.4, 0.5) is 17.1 Å². The number of fused-ring (bicyclic) bond motifs is 9. The summed E-state index contributed by atoms with van der Waals surface area (Å²) in [5.41, 5.74) is 3.54. The largest absolute Gasteiger partial charge is 0.308 e. The van der Waals surface area contributed by atoms with Crippen molar-refractivity contribution in [3.63, 3.8) is 0 Å². The van der Waals surface area contributed by atoms with Crippen molar-refractivity contribution < 1.29 is 0 Å². The molecular weight excluding hydrogens is 527 g/mol. The van der Waals surface area contributed by atoms with E-state index in [9.17, 15) is 0 Å². The Morgan fingerprint density at radius 2 is 1.02 bits per heavy atom. The molecule has 2 heteroatoms. The summed E-state index contributed by atoms with van der Waals surface area (Å²) < 4.78 is 2.62. The average Bonchev–Trinajstić information content (AvgIpc) is 3.42. The Morgan fingerprint density at radius 3 is 1.88 bits per heavy atom. The number of rotatable bonds is 3. The van der Waals surface area contributed by atoms with Crippen LogP contribution in [0.1, 0.15) is 0 Å². The average molecular weight is 552 g/mol. The number of hydrogen-bond acceptors (Lipinski definition) is 2. The molecule has 1 heterocycles. The molecule has 0 amide bonds. The Bertz CT molecular complexity index is 2470. The maximum atomic E-state index is 2.46. The van der Waals surface area contributed by atoms with Crippen LogP contribution in [0, 0.1) is 0 Å². The third-order valence-electron chi connectivity index (χ3n) is 8.58. The van der Waals surface area contributed by atoms with E-state index < -0.39 is 0 Å². The number of para-hydroxylation sites is 1. The minimum atomic E-state index is 1.15. The van der Waals surface area contributed by atoms with E-state index >= 15 is 0 Å². The van der Waals surface area contributed by atoms with E-state index in [1.165, 1.54) is 74.6 Å². The molecule has 196 valence electrons. The normalized spacial score (nSPS) is 11.8. The van der Waals surface area contributed by atoms with Crippen molar-refractivity contribution in [2.24, 2.45) is 0 Å². The Labute approximate surface area is 247 Å². The topological polar surface area (TPSA) is 3.24 Å². The Morgan fingerprint density at radius 1 is 0.381 bits per heavy atom. The summed E-state index contributed by atoms with van der Waals surface area (Å²) in [4.78, 5) is 2.46. The smallest absolute Gasteiger partial charge is 0.0640 e. The van der Waals surface area contributed by atoms with Crippen LogP contribution in [0.15, 0.2) is 152 Å². The quantitative estimate of drug-likeness (QED) is 0.197. The van der Waals surface area contributed by atoms with Gasteiger partial charge in [0.15, 0.2) is 0 Å². The van der Waals surface area contributed by atoms with Crippen LogP contribution in [0.3, 0.4) is 0 Å². The molecule has 0 bridgehead atoms. The van der Waals surface area contributed by atoms with Gasteiger partial charge < -0.3 is 4.90 Å². The van der Waals surface area contributed by atoms with Crippen LogP contribution < -0.4 is 4.90 Å². The fraction of sp³-hybridized carbons (Fsp3) is 0. The molecule has 0 N–H and O–H groups in total. The Kier molecular flexibility index (Phi) is 5.13. The molecule has 1 nitrogen and oxygen atoms in total. The molecule has 9 rings (SSSR count). The summed E-state index contributed by atoms with van der Waals surface area (Å²) in [5.74, 6) is 0. The lowest BCUT2D eigenvalue weighted by molar-refractivity contribution is 1.32. The van der Waals surface area contributed by atoms with E-state index in [1.54, 1.807) is 0 Å². The van der Waals surface area contributed by atoms with Gasteiger partial charge in [0, 0.05) is 26.5 Å². The first-order chi connectivity index (χ1) is 20.8. The lowest BCUT2D eigenvalue weighted by Gasteiger charge is -2.27. The molecule has 0 aliphatic rings. The minimum Gasteiger partial charge on any atom is -0.308 e. The van der Waals surface area contributed by atoms with Crippen LogP contribution >= 0.6 is 11.3 Å². The summed E-state index contributed by atoms with van der Waals surface area (Å²) in [6, 6.07) is 55.5. The molecule has 0 aliphatic carbocycles. The van der Waals surface area contributed by atoms with Gasteiger partial charge in [-0.15, -0.1) is 11.3 Å². The van der Waals surface area contributed by atoms with Crippen LogP contribution in [-0.4, -0.2) is 0 Å². The van der Waals surface area contributed by atoms with Gasteiger partial charge in [0.05, 0.1) is 16.1 Å². The molecule has 0 unspecified atom stereocenters. The van der Waals surface area contributed by atoms with E-state index in [-0.39, 0.29) is 0 Å². The number of hydrogen-bond donors (Lipinski definition) is 0. The van der Waals surface area contributed by atoms with Gasteiger partial charge in [-0.05, 0) is 74.1 Å². The predicted molar refractivity (Wildman–Crippen MR) is 184 cm³/mol. The van der Waals surface area contributed by atoms with Crippen molar-refractivity contribution >= 4 is 91.7 Å². The van der Waals surface area contributed by atoms with Gasteiger partial charge in [-0.25, -0.2) is 0 Å². The molecule has 0 atom stereocenters. The van der Waals surface area contributed by atoms with Gasteiger partial charge in [-0.1, -0.05) is 115 Å². The molecule has 1 aromatic heterocycles. The highest BCUT2D eigenvalue weighted by molar-refractivity contribution is 7.26. The van der Waals surface area contributed by atoms with E-state index in [4.69, 9.17) is 0 Å². The highest BCUT2D eigenvalue weighted by Crippen LogP contribution is 2.47. The Hall–Kier alpha value is -5.18. The van der Waals surface area contributed by atoms with Crippen LogP contribution in [-0.2, 0) is 0 Å². The second-order valence-electron chi connectivity index (χ2n) is 10.9. The second kappa shape index (κ2) is 9.17. The van der Waals surface area contributed by atoms with Gasteiger partial charge in [-0.3, -0.25) is 0 Å². The maximum Gasteiger partial charge on any atom is 0.0640 e. The molecule has 8 aromatic carbocycles. The zero-order valence-electron chi connectivity index (χ0n) is 22.8. The summed E-state index contributed by atoms with van der Waals surface area (Å²) in [6.07, 6.45) is 0. The third-order valence-corrected chi connectivity index (χ3v) is 9.77. The lowest BCUT2D eigenvalue weighted by atomic mass is 9.95. The molecule has 0 spiro atoms. The lowest BCUT2D eigenvalue weighted by Crippen LogP contribution is -2.10. The zero-order chi connectivity index (χ0) is 27.6. The first-order valence-electron chi connectivity index (χ1n) is 14.4. The third kappa shape index (κ3) is 3.49. The molecule has 0 saturated carbocycles. The summed E-state index contributed by atoms with van der Waals surface area (Å²) >= 11 is 1.89. The predicted octanol–water partition coefficient (Wildman–Crippen LogP) is 12.1. The van der Waals surface area contributed by atoms with Crippen LogP contribution in [0.5, 0.6) is 0 Å². The van der Waals surface area contributed by atoms with Gasteiger partial charge >= 0.3 is 0 Å². The fourth-order valence-electron chi connectivity index (χ4n) is 6.67. The summed E-state index contributed by atoms with van der Waals surface area (Å²) in [5, 5.41) is 12.8. The highest BCUT2D eigenvalue weighted by atomic mass is 32.1. The van der Waals surface area contributed by atoms with Crippen LogP contribution in [0.2, 0.25) is 0 Å². The summed E-state index contributed by atoms with van der Waals surface area (Å²) in [6.45, 7) is 0. The highest BCUT2D eigenvalue weighted by Gasteiger charge is 2.20. The van der Waals surface area contributed by atoms with Gasteiger partial charge in [0.25, 0.3) is 0 Å². The van der Waals surface area contributed by atoms with Crippen molar-refractivity contribution in [1.82, 2.24) is 0 Å². The van der Waals surface area contributed by atoms with Crippen molar-refractivity contribution in [2.45, 2.75) is 0 Å². The monoisotopic (exact) mass is 551 g/mol. The van der Waals surface area contributed by atoms with E-state index in [0.29, 0.717) is 0 Å². The summed E-state index contributed by atoms with van der Waals surface area (Å²) in [7, 11) is 0. The zero-order valence-corrected chi connectivity index (χ0v) is 23.6. The standard InChI is InChI=1S/C40H25NS/c1-2-13-30(14-3-1)41(37-19-9-17-34-35-24-28-11-4-5-12-29(28)25-38(35)42-40(34)37)36-18-8-16-33-32(36)23-22-27-21-20-26-10-6-7-15-31(26)39(27)33/h1-25H. The van der Waals surface area contributed by atoms with Crippen molar-refractivity contribution in [3.8, 4) is 0 Å². The van der Waals surface area contributed by atoms with E-state index in [0.717, 1.165) is 5.69 Å². The first-order valence-corrected chi connectivity index (χ1v) is 15.2. The molecule has 0 aliphatic heterocycles.